The van der Waals surface area contributed by atoms with Crippen molar-refractivity contribution < 1.29 is 47.9 Å². The minimum absolute atomic E-state index is 0.0125. The molecule has 0 radical (unpaired) electrons. The van der Waals surface area contributed by atoms with Crippen LogP contribution in [0, 0.1) is 3.57 Å². The van der Waals surface area contributed by atoms with Crippen LogP contribution in [0.3, 0.4) is 0 Å². The molecule has 24 heavy (non-hydrogen) atoms. The van der Waals surface area contributed by atoms with Crippen LogP contribution in [-0.4, -0.2) is 26.5 Å². The van der Waals surface area contributed by atoms with Gasteiger partial charge in [-0.15, -0.1) is 0 Å². The van der Waals surface area contributed by atoms with Crippen molar-refractivity contribution >= 4 is 38.1 Å². The second-order valence-corrected chi connectivity index (χ2v) is 7.38. The van der Waals surface area contributed by atoms with Crippen molar-refractivity contribution in [1.29, 1.82) is 0 Å². The van der Waals surface area contributed by atoms with Crippen LogP contribution in [0.5, 0.6) is 0 Å². The van der Waals surface area contributed by atoms with Crippen LogP contribution in [-0.2, 0) is 15.5 Å². The molecular formula is C10H5F9INO2S. The number of hydrogen-bond acceptors (Lipinski definition) is 3. The number of hydrogen-bond donors (Lipinski definition) is 1. The first-order valence-electron chi connectivity index (χ1n) is 5.41. The highest BCUT2D eigenvalue weighted by Crippen LogP contribution is 2.54. The Morgan fingerprint density at radius 2 is 1.38 bits per heavy atom. The van der Waals surface area contributed by atoms with E-state index in [0.717, 1.165) is 22.6 Å². The van der Waals surface area contributed by atoms with Gasteiger partial charge in [0.1, 0.15) is 0 Å². The first kappa shape index (κ1) is 21.1. The van der Waals surface area contributed by atoms with Crippen molar-refractivity contribution in [2.75, 3.05) is 5.73 Å². The van der Waals surface area contributed by atoms with E-state index in [1.807, 2.05) is 0 Å². The lowest BCUT2D eigenvalue weighted by Crippen LogP contribution is -2.50. The van der Waals surface area contributed by atoms with Gasteiger partial charge in [-0.25, -0.2) is 12.8 Å². The van der Waals surface area contributed by atoms with Gasteiger partial charge in [-0.1, -0.05) is 0 Å². The minimum Gasteiger partial charge on any atom is -0.397 e. The topological polar surface area (TPSA) is 60.2 Å². The molecule has 0 aliphatic heterocycles. The molecule has 1 rings (SSSR count). The molecule has 0 bridgehead atoms. The Hall–Kier alpha value is -0.930. The Balaban J connectivity index is 3.89. The first-order valence-corrected chi connectivity index (χ1v) is 8.04. The first-order chi connectivity index (χ1) is 10.5. The molecule has 0 fully saturated rings. The van der Waals surface area contributed by atoms with Gasteiger partial charge in [-0.2, -0.15) is 35.1 Å². The molecule has 0 spiro atoms. The smallest absolute Gasteiger partial charge is 0.397 e. The number of sulfone groups is 1. The van der Waals surface area contributed by atoms with Gasteiger partial charge in [0.25, 0.3) is 0 Å². The molecule has 2 N–H and O–H groups in total. The summed E-state index contributed by atoms with van der Waals surface area (Å²) in [7, 11) is -5.67. The maximum absolute atomic E-state index is 13.9. The predicted molar refractivity (Wildman–Crippen MR) is 71.7 cm³/mol. The molecule has 0 aliphatic carbocycles. The number of nitrogens with two attached hydrogens (primary N) is 1. The molecular weight excluding hydrogens is 496 g/mol. The molecule has 0 saturated carbocycles. The summed E-state index contributed by atoms with van der Waals surface area (Å²) in [5.74, 6) is -4.18. The largest absolute Gasteiger partial charge is 0.435 e. The van der Waals surface area contributed by atoms with Crippen LogP contribution < -0.4 is 5.73 Å². The van der Waals surface area contributed by atoms with E-state index < -0.39 is 59.4 Å². The lowest BCUT2D eigenvalue weighted by atomic mass is 9.94. The van der Waals surface area contributed by atoms with E-state index in [1.54, 1.807) is 0 Å². The van der Waals surface area contributed by atoms with Crippen molar-refractivity contribution in [1.82, 2.24) is 0 Å². The second-order valence-electron chi connectivity index (χ2n) is 4.33. The summed E-state index contributed by atoms with van der Waals surface area (Å²) in [6, 6.07) is -0.499. The van der Waals surface area contributed by atoms with Gasteiger partial charge >= 0.3 is 23.8 Å². The number of nitrogen functional groups attached to an aromatic ring is 1. The maximum Gasteiger partial charge on any atom is 0.435 e. The summed E-state index contributed by atoms with van der Waals surface area (Å²) in [4.78, 5) is -1.73. The highest BCUT2D eigenvalue weighted by atomic mass is 127. The lowest BCUT2D eigenvalue weighted by Gasteiger charge is -2.31. The minimum atomic E-state index is -6.53. The van der Waals surface area contributed by atoms with Gasteiger partial charge in [-0.3, -0.25) is 0 Å². The van der Waals surface area contributed by atoms with E-state index in [9.17, 15) is 47.9 Å². The molecule has 138 valence electrons. The zero-order valence-corrected chi connectivity index (χ0v) is 13.8. The van der Waals surface area contributed by atoms with Gasteiger partial charge in [0.15, 0.2) is 0 Å². The Kier molecular flexibility index (Phi) is 5.37. The van der Waals surface area contributed by atoms with Crippen molar-refractivity contribution in [2.45, 2.75) is 28.7 Å². The molecule has 0 aliphatic rings. The summed E-state index contributed by atoms with van der Waals surface area (Å²) in [5.41, 5.74) is -4.08. The van der Waals surface area contributed by atoms with Crippen LogP contribution in [0.1, 0.15) is 5.56 Å². The summed E-state index contributed by atoms with van der Waals surface area (Å²) in [5, 5.41) is 0. The fraction of sp³-hybridized carbons (Fsp3) is 0.400. The Morgan fingerprint density at radius 1 is 0.958 bits per heavy atom. The third kappa shape index (κ3) is 3.25. The van der Waals surface area contributed by atoms with Gasteiger partial charge in [0, 0.05) is 9.13 Å². The molecule has 0 saturated heterocycles. The number of halogens is 10. The SMILES string of the molecule is Nc1c(I)cc(C(F)(C(F)(F)F)C(F)(F)F)cc1S(=O)(=O)C(F)F. The molecule has 0 unspecified atom stereocenters. The molecule has 0 heterocycles. The van der Waals surface area contributed by atoms with E-state index in [2.05, 4.69) is 0 Å². The van der Waals surface area contributed by atoms with Crippen LogP contribution in [0.2, 0.25) is 0 Å². The Labute approximate surface area is 142 Å². The predicted octanol–water partition coefficient (Wildman–Crippen LogP) is 4.16. The monoisotopic (exact) mass is 501 g/mol. The average Bonchev–Trinajstić information content (AvgIpc) is 2.37. The number of alkyl halides is 9. The molecule has 1 aromatic carbocycles. The van der Waals surface area contributed by atoms with Crippen molar-refractivity contribution in [3.05, 3.63) is 21.3 Å². The molecule has 3 nitrogen and oxygen atoms in total. The fourth-order valence-electron chi connectivity index (χ4n) is 1.61. The van der Waals surface area contributed by atoms with Gasteiger partial charge < -0.3 is 5.73 Å². The van der Waals surface area contributed by atoms with Crippen LogP contribution >= 0.6 is 22.6 Å². The number of anilines is 1. The van der Waals surface area contributed by atoms with Gasteiger partial charge in [0.2, 0.25) is 9.84 Å². The third-order valence-corrected chi connectivity index (χ3v) is 5.12. The van der Waals surface area contributed by atoms with Crippen LogP contribution in [0.4, 0.5) is 45.2 Å². The second kappa shape index (κ2) is 6.10. The molecule has 1 aromatic rings. The molecule has 0 amide bonds. The van der Waals surface area contributed by atoms with E-state index in [0.29, 0.717) is 0 Å². The Bertz CT molecular complexity index is 728. The maximum atomic E-state index is 13.9. The van der Waals surface area contributed by atoms with Crippen molar-refractivity contribution in [3.63, 3.8) is 0 Å². The standard InChI is InChI=1S/C10H5F9INO2S/c11-7(12)24(22,23)5-2-3(1-4(20)6(5)21)8(13,9(14,15)16)10(17,18)19/h1-2,7H,21H2. The van der Waals surface area contributed by atoms with E-state index in [1.165, 1.54) is 0 Å². The van der Waals surface area contributed by atoms with Crippen molar-refractivity contribution in [2.24, 2.45) is 0 Å². The van der Waals surface area contributed by atoms with Gasteiger partial charge in [-0.05, 0) is 34.7 Å². The van der Waals surface area contributed by atoms with Crippen LogP contribution in [0.15, 0.2) is 17.0 Å². The van der Waals surface area contributed by atoms with Crippen molar-refractivity contribution in [3.8, 4) is 0 Å². The zero-order valence-electron chi connectivity index (χ0n) is 10.8. The summed E-state index contributed by atoms with van der Waals surface area (Å²) in [6.45, 7) is 0. The summed E-state index contributed by atoms with van der Waals surface area (Å²) in [6.07, 6.45) is -13.1. The third-order valence-electron chi connectivity index (χ3n) is 2.81. The quantitative estimate of drug-likeness (QED) is 0.385. The summed E-state index contributed by atoms with van der Waals surface area (Å²) < 4.78 is 137. The Morgan fingerprint density at radius 3 is 1.71 bits per heavy atom. The summed E-state index contributed by atoms with van der Waals surface area (Å²) >= 11 is 1.000. The van der Waals surface area contributed by atoms with Crippen LogP contribution in [0.25, 0.3) is 0 Å². The molecule has 0 aromatic heterocycles. The normalized spacial score (nSPS) is 14.3. The average molecular weight is 501 g/mol. The van der Waals surface area contributed by atoms with E-state index in [-0.39, 0.29) is 6.07 Å². The van der Waals surface area contributed by atoms with E-state index >= 15 is 0 Å². The molecule has 0 atom stereocenters. The fourth-order valence-corrected chi connectivity index (χ4v) is 3.32. The molecule has 14 heteroatoms. The lowest BCUT2D eigenvalue weighted by molar-refractivity contribution is -0.348. The van der Waals surface area contributed by atoms with Gasteiger partial charge in [0.05, 0.1) is 10.6 Å². The number of rotatable bonds is 3. The number of benzene rings is 1. The zero-order chi connectivity index (χ0) is 19.3. The highest BCUT2D eigenvalue weighted by Gasteiger charge is 2.73. The van der Waals surface area contributed by atoms with E-state index in [4.69, 9.17) is 5.73 Å². The highest BCUT2D eigenvalue weighted by molar-refractivity contribution is 14.1.